The molecule has 112 valence electrons. The lowest BCUT2D eigenvalue weighted by Gasteiger charge is -2.34. The Hall–Kier alpha value is -1.48. The fraction of sp³-hybridized carbons (Fsp3) is 0.429. The largest absolute Gasteiger partial charge is 0.396 e. The summed E-state index contributed by atoms with van der Waals surface area (Å²) in [5.74, 6) is -0.0984. The van der Waals surface area contributed by atoms with Crippen molar-refractivity contribution in [2.45, 2.75) is 6.42 Å². The van der Waals surface area contributed by atoms with Gasteiger partial charge in [-0.3, -0.25) is 9.69 Å². The van der Waals surface area contributed by atoms with E-state index < -0.39 is 0 Å². The summed E-state index contributed by atoms with van der Waals surface area (Å²) < 4.78 is 0. The first kappa shape index (κ1) is 15.9. The molecule has 1 aromatic rings. The van der Waals surface area contributed by atoms with Gasteiger partial charge in [-0.05, 0) is 12.1 Å². The van der Waals surface area contributed by atoms with E-state index in [1.807, 2.05) is 0 Å². The van der Waals surface area contributed by atoms with Crippen molar-refractivity contribution in [2.24, 2.45) is 0 Å². The molecular weight excluding hydrogens is 311 g/mol. The van der Waals surface area contributed by atoms with Crippen molar-refractivity contribution in [1.29, 1.82) is 5.26 Å². The van der Waals surface area contributed by atoms with Crippen LogP contribution in [0.3, 0.4) is 0 Å². The molecule has 1 fully saturated rings. The van der Waals surface area contributed by atoms with Gasteiger partial charge in [0.25, 0.3) is 5.91 Å². The summed E-state index contributed by atoms with van der Waals surface area (Å²) in [6.45, 7) is 3.54. The van der Waals surface area contributed by atoms with E-state index >= 15 is 0 Å². The fourth-order valence-electron chi connectivity index (χ4n) is 2.27. The number of amides is 1. The third kappa shape index (κ3) is 3.79. The van der Waals surface area contributed by atoms with Gasteiger partial charge in [-0.25, -0.2) is 0 Å². The molecule has 0 aromatic heterocycles. The van der Waals surface area contributed by atoms with E-state index in [1.165, 1.54) is 0 Å². The van der Waals surface area contributed by atoms with Crippen LogP contribution in [0.15, 0.2) is 12.1 Å². The van der Waals surface area contributed by atoms with E-state index in [1.54, 1.807) is 17.0 Å². The van der Waals surface area contributed by atoms with Crippen molar-refractivity contribution in [2.75, 3.05) is 38.5 Å². The zero-order chi connectivity index (χ0) is 15.4. The van der Waals surface area contributed by atoms with Gasteiger partial charge in [-0.1, -0.05) is 23.2 Å². The van der Waals surface area contributed by atoms with Crippen LogP contribution in [0.25, 0.3) is 0 Å². The Morgan fingerprint density at radius 3 is 2.33 bits per heavy atom. The maximum atomic E-state index is 12.4. The molecule has 0 aliphatic carbocycles. The number of hydrogen-bond donors (Lipinski definition) is 1. The van der Waals surface area contributed by atoms with Crippen LogP contribution in [0.4, 0.5) is 5.69 Å². The maximum Gasteiger partial charge on any atom is 0.254 e. The Morgan fingerprint density at radius 1 is 1.24 bits per heavy atom. The van der Waals surface area contributed by atoms with Crippen LogP contribution in [0.2, 0.25) is 10.0 Å². The summed E-state index contributed by atoms with van der Waals surface area (Å²) in [6, 6.07) is 5.23. The molecular formula is C14H16Cl2N4O. The van der Waals surface area contributed by atoms with Crippen molar-refractivity contribution in [3.05, 3.63) is 27.7 Å². The molecule has 1 heterocycles. The van der Waals surface area contributed by atoms with Gasteiger partial charge in [0, 0.05) is 44.7 Å². The standard InChI is InChI=1S/C14H16Cl2N4O/c15-11-8-10(9-12(16)13(11)18)14(21)20-6-4-19(5-7-20)3-1-2-17/h8-9H,1,3-7,18H2. The molecule has 7 heteroatoms. The number of anilines is 1. The summed E-state index contributed by atoms with van der Waals surface area (Å²) >= 11 is 11.9. The molecule has 2 N–H and O–H groups in total. The number of benzene rings is 1. The predicted octanol–water partition coefficient (Wildman–Crippen LogP) is 2.25. The highest BCUT2D eigenvalue weighted by Crippen LogP contribution is 2.29. The number of nitrogens with zero attached hydrogens (tertiary/aromatic N) is 3. The molecule has 0 atom stereocenters. The van der Waals surface area contributed by atoms with Crippen molar-refractivity contribution in [1.82, 2.24) is 9.80 Å². The lowest BCUT2D eigenvalue weighted by Crippen LogP contribution is -2.48. The van der Waals surface area contributed by atoms with E-state index in [0.717, 1.165) is 19.6 Å². The summed E-state index contributed by atoms with van der Waals surface area (Å²) in [6.07, 6.45) is 0.511. The zero-order valence-corrected chi connectivity index (χ0v) is 13.0. The number of piperazine rings is 1. The number of carbonyl (C=O) groups excluding carboxylic acids is 1. The quantitative estimate of drug-likeness (QED) is 0.864. The molecule has 1 saturated heterocycles. The Balaban J connectivity index is 2.01. The second-order valence-corrected chi connectivity index (χ2v) is 5.71. The first-order valence-corrected chi connectivity index (χ1v) is 7.41. The topological polar surface area (TPSA) is 73.4 Å². The first-order valence-electron chi connectivity index (χ1n) is 6.66. The monoisotopic (exact) mass is 326 g/mol. The molecule has 1 amide bonds. The molecule has 5 nitrogen and oxygen atoms in total. The van der Waals surface area contributed by atoms with Crippen molar-refractivity contribution in [3.63, 3.8) is 0 Å². The van der Waals surface area contributed by atoms with Crippen LogP contribution in [0.1, 0.15) is 16.8 Å². The zero-order valence-electron chi connectivity index (χ0n) is 11.5. The Kier molecular flexibility index (Phi) is 5.29. The average Bonchev–Trinajstić information content (AvgIpc) is 2.50. The molecule has 0 saturated carbocycles. The summed E-state index contributed by atoms with van der Waals surface area (Å²) in [4.78, 5) is 16.4. The van der Waals surface area contributed by atoms with Crippen LogP contribution in [-0.4, -0.2) is 48.4 Å². The second-order valence-electron chi connectivity index (χ2n) is 4.90. The van der Waals surface area contributed by atoms with Crippen LogP contribution in [-0.2, 0) is 0 Å². The van der Waals surface area contributed by atoms with Gasteiger partial charge in [0.1, 0.15) is 0 Å². The van der Waals surface area contributed by atoms with E-state index in [0.29, 0.717) is 35.1 Å². The van der Waals surface area contributed by atoms with Gasteiger partial charge >= 0.3 is 0 Å². The molecule has 1 aliphatic heterocycles. The Morgan fingerprint density at radius 2 is 1.81 bits per heavy atom. The Bertz CT molecular complexity index is 554. The number of carbonyl (C=O) groups is 1. The normalized spacial score (nSPS) is 15.8. The van der Waals surface area contributed by atoms with Gasteiger partial charge in [0.05, 0.1) is 21.8 Å². The van der Waals surface area contributed by atoms with Crippen molar-refractivity contribution in [3.8, 4) is 6.07 Å². The first-order chi connectivity index (χ1) is 10.0. The molecule has 2 rings (SSSR count). The highest BCUT2D eigenvalue weighted by molar-refractivity contribution is 6.39. The van der Waals surface area contributed by atoms with Crippen LogP contribution >= 0.6 is 23.2 Å². The lowest BCUT2D eigenvalue weighted by molar-refractivity contribution is 0.0640. The number of halogens is 2. The van der Waals surface area contributed by atoms with Crippen LogP contribution in [0, 0.1) is 11.3 Å². The molecule has 1 aliphatic rings. The number of nitrogen functional groups attached to an aromatic ring is 1. The van der Waals surface area contributed by atoms with Gasteiger partial charge in [0.15, 0.2) is 0 Å². The minimum absolute atomic E-state index is 0.0984. The van der Waals surface area contributed by atoms with Crippen LogP contribution < -0.4 is 5.73 Å². The molecule has 1 aromatic carbocycles. The second kappa shape index (κ2) is 6.99. The predicted molar refractivity (Wildman–Crippen MR) is 83.4 cm³/mol. The van der Waals surface area contributed by atoms with Gasteiger partial charge in [-0.15, -0.1) is 0 Å². The van der Waals surface area contributed by atoms with E-state index in [-0.39, 0.29) is 11.6 Å². The SMILES string of the molecule is N#CCCN1CCN(C(=O)c2cc(Cl)c(N)c(Cl)c2)CC1. The number of nitrogens with two attached hydrogens (primary N) is 1. The lowest BCUT2D eigenvalue weighted by atomic mass is 10.1. The fourth-order valence-corrected chi connectivity index (χ4v) is 2.76. The summed E-state index contributed by atoms with van der Waals surface area (Å²) in [5, 5.41) is 9.16. The smallest absolute Gasteiger partial charge is 0.254 e. The highest BCUT2D eigenvalue weighted by atomic mass is 35.5. The van der Waals surface area contributed by atoms with Gasteiger partial charge in [0.2, 0.25) is 0 Å². The minimum atomic E-state index is -0.0984. The summed E-state index contributed by atoms with van der Waals surface area (Å²) in [7, 11) is 0. The number of rotatable bonds is 3. The van der Waals surface area contributed by atoms with Gasteiger partial charge < -0.3 is 10.6 Å². The van der Waals surface area contributed by atoms with Crippen molar-refractivity contribution < 1.29 is 4.79 Å². The average molecular weight is 327 g/mol. The minimum Gasteiger partial charge on any atom is -0.396 e. The molecule has 0 bridgehead atoms. The number of hydrogen-bond acceptors (Lipinski definition) is 4. The molecule has 21 heavy (non-hydrogen) atoms. The van der Waals surface area contributed by atoms with E-state index in [9.17, 15) is 4.79 Å². The van der Waals surface area contributed by atoms with Crippen molar-refractivity contribution >= 4 is 34.8 Å². The molecule has 0 radical (unpaired) electrons. The van der Waals surface area contributed by atoms with Crippen LogP contribution in [0.5, 0.6) is 0 Å². The third-order valence-corrected chi connectivity index (χ3v) is 4.15. The molecule has 0 unspecified atom stereocenters. The molecule has 0 spiro atoms. The Labute approximate surface area is 133 Å². The van der Waals surface area contributed by atoms with E-state index in [2.05, 4.69) is 11.0 Å². The van der Waals surface area contributed by atoms with Gasteiger partial charge in [-0.2, -0.15) is 5.26 Å². The number of nitriles is 1. The third-order valence-electron chi connectivity index (χ3n) is 3.53. The maximum absolute atomic E-state index is 12.4. The van der Waals surface area contributed by atoms with E-state index in [4.69, 9.17) is 34.2 Å². The highest BCUT2D eigenvalue weighted by Gasteiger charge is 2.22. The summed E-state index contributed by atoms with van der Waals surface area (Å²) in [5.41, 5.74) is 6.41.